The van der Waals surface area contributed by atoms with Gasteiger partial charge in [-0.2, -0.15) is 0 Å². The number of hydrogen-bond donors (Lipinski definition) is 0. The average molecular weight is 324 g/mol. The fourth-order valence-electron chi connectivity index (χ4n) is 2.42. The average Bonchev–Trinajstić information content (AvgIpc) is 3.08. The molecule has 0 spiro atoms. The molecule has 0 radical (unpaired) electrons. The van der Waals surface area contributed by atoms with Gasteiger partial charge in [0.15, 0.2) is 5.76 Å². The lowest BCUT2D eigenvalue weighted by molar-refractivity contribution is -0.131. The van der Waals surface area contributed by atoms with Crippen molar-refractivity contribution in [1.29, 1.82) is 0 Å². The van der Waals surface area contributed by atoms with E-state index in [2.05, 4.69) is 6.92 Å². The van der Waals surface area contributed by atoms with Gasteiger partial charge in [0.2, 0.25) is 5.91 Å². The zero-order valence-electron chi connectivity index (χ0n) is 13.3. The predicted octanol–water partition coefficient (Wildman–Crippen LogP) is 2.49. The zero-order chi connectivity index (χ0) is 15.9. The van der Waals surface area contributed by atoms with Crippen LogP contribution in [0.1, 0.15) is 37.2 Å². The number of thioether (sulfide) groups is 1. The molecule has 1 aliphatic heterocycles. The van der Waals surface area contributed by atoms with E-state index >= 15 is 0 Å². The van der Waals surface area contributed by atoms with Gasteiger partial charge in [0.1, 0.15) is 0 Å². The molecule has 1 saturated heterocycles. The first kappa shape index (κ1) is 16.9. The summed E-state index contributed by atoms with van der Waals surface area (Å²) in [6, 6.07) is 3.38. The van der Waals surface area contributed by atoms with Crippen molar-refractivity contribution in [3.63, 3.8) is 0 Å². The smallest absolute Gasteiger partial charge is 0.289 e. The van der Waals surface area contributed by atoms with Crippen LogP contribution in [-0.2, 0) is 4.79 Å². The van der Waals surface area contributed by atoms with Gasteiger partial charge in [-0.25, -0.2) is 0 Å². The van der Waals surface area contributed by atoms with E-state index in [0.717, 1.165) is 18.6 Å². The second-order valence-electron chi connectivity index (χ2n) is 5.46. The lowest BCUT2D eigenvalue weighted by Gasteiger charge is -2.35. The molecular weight excluding hydrogens is 300 g/mol. The first-order valence-corrected chi connectivity index (χ1v) is 8.91. The van der Waals surface area contributed by atoms with Crippen molar-refractivity contribution < 1.29 is 14.0 Å². The highest BCUT2D eigenvalue weighted by Gasteiger charge is 2.28. The molecule has 1 aromatic rings. The Balaban J connectivity index is 1.79. The fourth-order valence-corrected chi connectivity index (χ4v) is 3.52. The van der Waals surface area contributed by atoms with Gasteiger partial charge >= 0.3 is 0 Å². The van der Waals surface area contributed by atoms with Gasteiger partial charge in [0.25, 0.3) is 5.91 Å². The quantitative estimate of drug-likeness (QED) is 0.755. The number of unbranched alkanes of at least 4 members (excludes halogenated alkanes) is 1. The fraction of sp³-hybridized carbons (Fsp3) is 0.625. The third-order valence-electron chi connectivity index (χ3n) is 3.82. The van der Waals surface area contributed by atoms with Crippen molar-refractivity contribution in [3.05, 3.63) is 24.2 Å². The molecule has 122 valence electrons. The van der Waals surface area contributed by atoms with Gasteiger partial charge in [0.05, 0.1) is 11.5 Å². The molecule has 1 fully saturated rings. The number of furan rings is 1. The summed E-state index contributed by atoms with van der Waals surface area (Å²) in [5, 5.41) is -0.00104. The Bertz CT molecular complexity index is 482. The number of rotatable bonds is 6. The molecule has 22 heavy (non-hydrogen) atoms. The maximum absolute atomic E-state index is 12.4. The minimum Gasteiger partial charge on any atom is -0.459 e. The number of carbonyl (C=O) groups excluding carboxylic acids is 2. The molecule has 2 rings (SSSR count). The zero-order valence-corrected chi connectivity index (χ0v) is 14.1. The molecule has 1 unspecified atom stereocenters. The van der Waals surface area contributed by atoms with Gasteiger partial charge in [0, 0.05) is 26.2 Å². The summed E-state index contributed by atoms with van der Waals surface area (Å²) in [7, 11) is 0. The lowest BCUT2D eigenvalue weighted by atomic mass is 10.2. The summed E-state index contributed by atoms with van der Waals surface area (Å²) in [5.74, 6) is 1.48. The van der Waals surface area contributed by atoms with Crippen LogP contribution in [0.4, 0.5) is 0 Å². The van der Waals surface area contributed by atoms with E-state index in [4.69, 9.17) is 4.42 Å². The molecule has 0 aromatic carbocycles. The molecular formula is C16H24N2O3S. The number of hydrogen-bond acceptors (Lipinski definition) is 4. The minimum absolute atomic E-state index is 0.00104. The Morgan fingerprint density at radius 1 is 1.27 bits per heavy atom. The molecule has 2 heterocycles. The maximum Gasteiger partial charge on any atom is 0.289 e. The van der Waals surface area contributed by atoms with Gasteiger partial charge in [-0.3, -0.25) is 9.59 Å². The first-order valence-electron chi connectivity index (χ1n) is 7.86. The third-order valence-corrected chi connectivity index (χ3v) is 5.05. The van der Waals surface area contributed by atoms with Crippen molar-refractivity contribution in [2.45, 2.75) is 31.9 Å². The van der Waals surface area contributed by atoms with Crippen LogP contribution in [0.3, 0.4) is 0 Å². The van der Waals surface area contributed by atoms with E-state index in [-0.39, 0.29) is 17.1 Å². The minimum atomic E-state index is -0.0949. The highest BCUT2D eigenvalue weighted by molar-refractivity contribution is 8.00. The molecule has 0 saturated carbocycles. The Kier molecular flexibility index (Phi) is 6.36. The number of nitrogens with zero attached hydrogens (tertiary/aromatic N) is 2. The topological polar surface area (TPSA) is 53.8 Å². The second kappa shape index (κ2) is 8.27. The monoisotopic (exact) mass is 324 g/mol. The summed E-state index contributed by atoms with van der Waals surface area (Å²) < 4.78 is 5.14. The molecule has 0 aliphatic carbocycles. The summed E-state index contributed by atoms with van der Waals surface area (Å²) in [6.45, 7) is 6.47. The molecule has 1 aliphatic rings. The number of carbonyl (C=O) groups is 2. The van der Waals surface area contributed by atoms with Crippen LogP contribution in [-0.4, -0.2) is 58.8 Å². The summed E-state index contributed by atoms with van der Waals surface area (Å²) >= 11 is 1.72. The lowest BCUT2D eigenvalue weighted by Crippen LogP contribution is -2.52. The molecule has 5 nitrogen and oxygen atoms in total. The second-order valence-corrected chi connectivity index (χ2v) is 6.91. The molecule has 0 bridgehead atoms. The van der Waals surface area contributed by atoms with Crippen LogP contribution in [0.25, 0.3) is 0 Å². The molecule has 6 heteroatoms. The van der Waals surface area contributed by atoms with Crippen molar-refractivity contribution >= 4 is 23.6 Å². The third kappa shape index (κ3) is 4.29. The summed E-state index contributed by atoms with van der Waals surface area (Å²) in [4.78, 5) is 28.2. The van der Waals surface area contributed by atoms with Crippen molar-refractivity contribution in [2.75, 3.05) is 31.9 Å². The van der Waals surface area contributed by atoms with Crippen LogP contribution in [0.15, 0.2) is 22.8 Å². The molecule has 2 amide bonds. The molecule has 1 aromatic heterocycles. The van der Waals surface area contributed by atoms with E-state index in [1.807, 2.05) is 11.8 Å². The van der Waals surface area contributed by atoms with E-state index in [1.165, 1.54) is 6.26 Å². The van der Waals surface area contributed by atoms with Crippen molar-refractivity contribution in [2.24, 2.45) is 0 Å². The maximum atomic E-state index is 12.4. The predicted molar refractivity (Wildman–Crippen MR) is 88.0 cm³/mol. The highest BCUT2D eigenvalue weighted by Crippen LogP contribution is 2.17. The van der Waals surface area contributed by atoms with Crippen LogP contribution in [0, 0.1) is 0 Å². The standard InChI is InChI=1S/C16H24N2O3S/c1-3-4-12-22-13(2)15(19)17-7-9-18(10-8-17)16(20)14-6-5-11-21-14/h5-6,11,13H,3-4,7-10,12H2,1-2H3. The highest BCUT2D eigenvalue weighted by atomic mass is 32.2. The van der Waals surface area contributed by atoms with Crippen molar-refractivity contribution in [1.82, 2.24) is 9.80 Å². The Hall–Kier alpha value is -1.43. The van der Waals surface area contributed by atoms with Crippen LogP contribution in [0.5, 0.6) is 0 Å². The van der Waals surface area contributed by atoms with Gasteiger partial charge in [-0.15, -0.1) is 11.8 Å². The van der Waals surface area contributed by atoms with Crippen LogP contribution < -0.4 is 0 Å². The number of amides is 2. The summed E-state index contributed by atoms with van der Waals surface area (Å²) in [5.41, 5.74) is 0. The SMILES string of the molecule is CCCCSC(C)C(=O)N1CCN(C(=O)c2ccco2)CC1. The van der Waals surface area contributed by atoms with E-state index in [9.17, 15) is 9.59 Å². The molecule has 0 N–H and O–H groups in total. The largest absolute Gasteiger partial charge is 0.459 e. The first-order chi connectivity index (χ1) is 10.6. The van der Waals surface area contributed by atoms with Crippen LogP contribution in [0.2, 0.25) is 0 Å². The Labute approximate surface area is 136 Å². The van der Waals surface area contributed by atoms with E-state index in [1.54, 1.807) is 28.8 Å². The summed E-state index contributed by atoms with van der Waals surface area (Å²) in [6.07, 6.45) is 3.80. The number of piperazine rings is 1. The van der Waals surface area contributed by atoms with Gasteiger partial charge < -0.3 is 14.2 Å². The van der Waals surface area contributed by atoms with Crippen LogP contribution >= 0.6 is 11.8 Å². The van der Waals surface area contributed by atoms with Gasteiger partial charge in [-0.05, 0) is 31.2 Å². The van der Waals surface area contributed by atoms with Gasteiger partial charge in [-0.1, -0.05) is 13.3 Å². The molecule has 1 atom stereocenters. The normalized spacial score (nSPS) is 16.6. The Morgan fingerprint density at radius 2 is 1.95 bits per heavy atom. The Morgan fingerprint density at radius 3 is 2.55 bits per heavy atom. The van der Waals surface area contributed by atoms with E-state index < -0.39 is 0 Å². The van der Waals surface area contributed by atoms with Crippen molar-refractivity contribution in [3.8, 4) is 0 Å². The van der Waals surface area contributed by atoms with E-state index in [0.29, 0.717) is 31.9 Å².